The number of aliphatic hydroxyl groups excluding tert-OH is 1. The van der Waals surface area contributed by atoms with Gasteiger partial charge in [0.1, 0.15) is 0 Å². The second kappa shape index (κ2) is 5.41. The summed E-state index contributed by atoms with van der Waals surface area (Å²) in [5, 5.41) is 8.98. The molecule has 1 aromatic rings. The van der Waals surface area contributed by atoms with E-state index in [9.17, 15) is 0 Å². The molecule has 3 nitrogen and oxygen atoms in total. The summed E-state index contributed by atoms with van der Waals surface area (Å²) in [4.78, 5) is 2.40. The van der Waals surface area contributed by atoms with Gasteiger partial charge in [0.25, 0.3) is 0 Å². The number of nitrogens with two attached hydrogens (primary N) is 1. The van der Waals surface area contributed by atoms with E-state index in [-0.39, 0.29) is 6.61 Å². The van der Waals surface area contributed by atoms with Crippen LogP contribution in [0.1, 0.15) is 31.2 Å². The summed E-state index contributed by atoms with van der Waals surface area (Å²) >= 11 is 0. The van der Waals surface area contributed by atoms with Gasteiger partial charge >= 0.3 is 0 Å². The standard InChI is InChI=1S/C14H22N2O/c1-11-6-7-13(10-14(11)15)16(8-3-9-17)12-4-2-5-12/h6-7,10,12,17H,2-5,8-9,15H2,1H3. The molecule has 3 N–H and O–H groups in total. The van der Waals surface area contributed by atoms with E-state index in [0.29, 0.717) is 6.04 Å². The molecule has 0 bridgehead atoms. The predicted octanol–water partition coefficient (Wildman–Crippen LogP) is 2.32. The summed E-state index contributed by atoms with van der Waals surface area (Å²) in [5.41, 5.74) is 9.16. The normalized spacial score (nSPS) is 15.6. The molecule has 0 heterocycles. The third kappa shape index (κ3) is 2.72. The minimum atomic E-state index is 0.255. The first-order valence-electron chi connectivity index (χ1n) is 6.46. The summed E-state index contributed by atoms with van der Waals surface area (Å²) in [6, 6.07) is 6.92. The van der Waals surface area contributed by atoms with Gasteiger partial charge in [0.05, 0.1) is 0 Å². The monoisotopic (exact) mass is 234 g/mol. The third-order valence-electron chi connectivity index (χ3n) is 3.67. The lowest BCUT2D eigenvalue weighted by Crippen LogP contribution is -2.41. The minimum absolute atomic E-state index is 0.255. The zero-order valence-corrected chi connectivity index (χ0v) is 10.5. The van der Waals surface area contributed by atoms with Gasteiger partial charge in [0.15, 0.2) is 0 Å². The minimum Gasteiger partial charge on any atom is -0.398 e. The van der Waals surface area contributed by atoms with Crippen LogP contribution in [0.5, 0.6) is 0 Å². The highest BCUT2D eigenvalue weighted by molar-refractivity contribution is 5.60. The van der Waals surface area contributed by atoms with E-state index < -0.39 is 0 Å². The Kier molecular flexibility index (Phi) is 3.89. The Morgan fingerprint density at radius 3 is 2.71 bits per heavy atom. The molecule has 2 rings (SSSR count). The lowest BCUT2D eigenvalue weighted by molar-refractivity contribution is 0.283. The van der Waals surface area contributed by atoms with E-state index in [1.807, 2.05) is 6.92 Å². The van der Waals surface area contributed by atoms with Crippen LogP contribution in [0.15, 0.2) is 18.2 Å². The summed E-state index contributed by atoms with van der Waals surface area (Å²) < 4.78 is 0. The quantitative estimate of drug-likeness (QED) is 0.769. The van der Waals surface area contributed by atoms with Gasteiger partial charge in [-0.05, 0) is 50.3 Å². The predicted molar refractivity (Wildman–Crippen MR) is 72.3 cm³/mol. The van der Waals surface area contributed by atoms with Crippen LogP contribution in [-0.2, 0) is 0 Å². The smallest absolute Gasteiger partial charge is 0.0447 e. The number of hydrogen-bond acceptors (Lipinski definition) is 3. The van der Waals surface area contributed by atoms with E-state index in [1.54, 1.807) is 0 Å². The number of aryl methyl sites for hydroxylation is 1. The third-order valence-corrected chi connectivity index (χ3v) is 3.67. The van der Waals surface area contributed by atoms with Gasteiger partial charge in [-0.2, -0.15) is 0 Å². The fraction of sp³-hybridized carbons (Fsp3) is 0.571. The van der Waals surface area contributed by atoms with Crippen LogP contribution in [0.2, 0.25) is 0 Å². The number of nitrogen functional groups attached to an aromatic ring is 1. The highest BCUT2D eigenvalue weighted by Gasteiger charge is 2.24. The number of rotatable bonds is 5. The second-order valence-electron chi connectivity index (χ2n) is 4.90. The van der Waals surface area contributed by atoms with Crippen LogP contribution < -0.4 is 10.6 Å². The van der Waals surface area contributed by atoms with Crippen LogP contribution in [0.4, 0.5) is 11.4 Å². The molecule has 1 aromatic carbocycles. The van der Waals surface area contributed by atoms with Gasteiger partial charge < -0.3 is 15.7 Å². The molecule has 1 saturated carbocycles. The van der Waals surface area contributed by atoms with Crippen molar-refractivity contribution in [3.8, 4) is 0 Å². The molecule has 0 saturated heterocycles. The second-order valence-corrected chi connectivity index (χ2v) is 4.90. The van der Waals surface area contributed by atoms with Gasteiger partial charge in [0.2, 0.25) is 0 Å². The number of anilines is 2. The van der Waals surface area contributed by atoms with E-state index >= 15 is 0 Å². The lowest BCUT2D eigenvalue weighted by atomic mass is 9.90. The summed E-state index contributed by atoms with van der Waals surface area (Å²) in [5.74, 6) is 0. The number of hydrogen-bond donors (Lipinski definition) is 2. The largest absolute Gasteiger partial charge is 0.398 e. The summed E-state index contributed by atoms with van der Waals surface area (Å²) in [6.07, 6.45) is 4.67. The van der Waals surface area contributed by atoms with Crippen molar-refractivity contribution in [2.75, 3.05) is 23.8 Å². The van der Waals surface area contributed by atoms with Gasteiger partial charge in [-0.25, -0.2) is 0 Å². The Labute approximate surface area is 103 Å². The van der Waals surface area contributed by atoms with Crippen molar-refractivity contribution in [2.45, 2.75) is 38.6 Å². The van der Waals surface area contributed by atoms with Gasteiger partial charge in [-0.1, -0.05) is 6.07 Å². The highest BCUT2D eigenvalue weighted by Crippen LogP contribution is 2.31. The lowest BCUT2D eigenvalue weighted by Gasteiger charge is -2.39. The SMILES string of the molecule is Cc1ccc(N(CCCO)C2CCC2)cc1N. The van der Waals surface area contributed by atoms with E-state index in [4.69, 9.17) is 10.8 Å². The molecule has 0 amide bonds. The van der Waals surface area contributed by atoms with Gasteiger partial charge in [-0.3, -0.25) is 0 Å². The number of aliphatic hydroxyl groups is 1. The Hall–Kier alpha value is -1.22. The van der Waals surface area contributed by atoms with Gasteiger partial charge in [-0.15, -0.1) is 0 Å². The number of benzene rings is 1. The van der Waals surface area contributed by atoms with Crippen molar-refractivity contribution in [1.29, 1.82) is 0 Å². The summed E-state index contributed by atoms with van der Waals surface area (Å²) in [6.45, 7) is 3.20. The maximum atomic E-state index is 8.98. The highest BCUT2D eigenvalue weighted by atomic mass is 16.3. The Morgan fingerprint density at radius 2 is 2.18 bits per heavy atom. The van der Waals surface area contributed by atoms with Crippen molar-refractivity contribution >= 4 is 11.4 Å². The molecule has 3 heteroatoms. The first-order chi connectivity index (χ1) is 8.22. The van der Waals surface area contributed by atoms with Crippen molar-refractivity contribution in [3.05, 3.63) is 23.8 Å². The zero-order chi connectivity index (χ0) is 12.3. The fourth-order valence-corrected chi connectivity index (χ4v) is 2.27. The first kappa shape index (κ1) is 12.2. The van der Waals surface area contributed by atoms with E-state index in [2.05, 4.69) is 23.1 Å². The van der Waals surface area contributed by atoms with Crippen molar-refractivity contribution in [1.82, 2.24) is 0 Å². The molecule has 0 aliphatic heterocycles. The van der Waals surface area contributed by atoms with E-state index in [1.165, 1.54) is 24.9 Å². The fourth-order valence-electron chi connectivity index (χ4n) is 2.27. The molecule has 0 radical (unpaired) electrons. The maximum absolute atomic E-state index is 8.98. The summed E-state index contributed by atoms with van der Waals surface area (Å²) in [7, 11) is 0. The van der Waals surface area contributed by atoms with Crippen LogP contribution in [0.25, 0.3) is 0 Å². The average molecular weight is 234 g/mol. The van der Waals surface area contributed by atoms with Crippen molar-refractivity contribution in [3.63, 3.8) is 0 Å². The van der Waals surface area contributed by atoms with Crippen LogP contribution in [-0.4, -0.2) is 24.3 Å². The molecule has 1 aliphatic carbocycles. The van der Waals surface area contributed by atoms with E-state index in [0.717, 1.165) is 24.2 Å². The molecule has 94 valence electrons. The zero-order valence-electron chi connectivity index (χ0n) is 10.5. The Bertz CT molecular complexity index is 374. The van der Waals surface area contributed by atoms with Crippen molar-refractivity contribution < 1.29 is 5.11 Å². The Morgan fingerprint density at radius 1 is 1.41 bits per heavy atom. The first-order valence-corrected chi connectivity index (χ1v) is 6.46. The van der Waals surface area contributed by atoms with Crippen LogP contribution in [0, 0.1) is 6.92 Å². The maximum Gasteiger partial charge on any atom is 0.0447 e. The molecular formula is C14H22N2O. The van der Waals surface area contributed by atoms with Gasteiger partial charge in [0, 0.05) is 30.6 Å². The molecule has 17 heavy (non-hydrogen) atoms. The molecule has 0 atom stereocenters. The molecule has 0 aromatic heterocycles. The topological polar surface area (TPSA) is 49.5 Å². The van der Waals surface area contributed by atoms with Crippen LogP contribution >= 0.6 is 0 Å². The molecular weight excluding hydrogens is 212 g/mol. The Balaban J connectivity index is 2.15. The molecule has 0 unspecified atom stereocenters. The molecule has 1 aliphatic rings. The molecule has 0 spiro atoms. The van der Waals surface area contributed by atoms with Crippen LogP contribution in [0.3, 0.4) is 0 Å². The number of nitrogens with zero attached hydrogens (tertiary/aromatic N) is 1. The van der Waals surface area contributed by atoms with Crippen molar-refractivity contribution in [2.24, 2.45) is 0 Å². The average Bonchev–Trinajstić information content (AvgIpc) is 2.25. The molecule has 1 fully saturated rings.